The number of carbonyl (C=O) groups is 2. The molecule has 5 atom stereocenters. The molecule has 4 nitrogen and oxygen atoms in total. The zero-order chi connectivity index (χ0) is 21.0. The average molecular weight is 408 g/mol. The van der Waals surface area contributed by atoms with Crippen molar-refractivity contribution in [3.63, 3.8) is 0 Å². The highest BCUT2D eigenvalue weighted by Gasteiger charge is 2.59. The Morgan fingerprint density at radius 1 is 1.23 bits per heavy atom. The number of nitrogens with zero attached hydrogens (tertiary/aromatic N) is 1. The molecule has 0 heterocycles. The Morgan fingerprint density at radius 2 is 2.03 bits per heavy atom. The second kappa shape index (κ2) is 7.25. The SMILES string of the molecule is C=C1C[C@H](N(C(=O)O)C2=CC(=O)CC=C2)[C@@]2(C)CCC3C4=C(CCCC4)CCC3[C@@H]12. The topological polar surface area (TPSA) is 57.6 Å². The van der Waals surface area contributed by atoms with E-state index in [2.05, 4.69) is 13.5 Å². The van der Waals surface area contributed by atoms with Crippen LogP contribution >= 0.6 is 0 Å². The number of amides is 1. The van der Waals surface area contributed by atoms with Gasteiger partial charge in [-0.15, -0.1) is 0 Å². The molecule has 0 saturated heterocycles. The summed E-state index contributed by atoms with van der Waals surface area (Å²) in [5.74, 6) is 1.63. The zero-order valence-electron chi connectivity index (χ0n) is 18.0. The monoisotopic (exact) mass is 407 g/mol. The molecular formula is C26H33NO3. The van der Waals surface area contributed by atoms with E-state index in [1.165, 1.54) is 61.5 Å². The molecule has 0 bridgehead atoms. The third-order valence-electron chi connectivity index (χ3n) is 8.87. The van der Waals surface area contributed by atoms with E-state index < -0.39 is 6.09 Å². The minimum Gasteiger partial charge on any atom is -0.465 e. The van der Waals surface area contributed by atoms with E-state index in [4.69, 9.17) is 0 Å². The van der Waals surface area contributed by atoms with Gasteiger partial charge in [-0.1, -0.05) is 36.3 Å². The number of allylic oxidation sites excluding steroid dienone is 5. The van der Waals surface area contributed by atoms with E-state index in [0.29, 0.717) is 36.3 Å². The molecule has 4 heteroatoms. The Labute approximate surface area is 179 Å². The van der Waals surface area contributed by atoms with E-state index in [1.807, 2.05) is 0 Å². The van der Waals surface area contributed by atoms with Crippen LogP contribution in [-0.2, 0) is 4.79 Å². The summed E-state index contributed by atoms with van der Waals surface area (Å²) in [5, 5.41) is 10.2. The van der Waals surface area contributed by atoms with Crippen LogP contribution in [0.15, 0.2) is 47.2 Å². The lowest BCUT2D eigenvalue weighted by Gasteiger charge is -2.53. The van der Waals surface area contributed by atoms with Gasteiger partial charge in [-0.25, -0.2) is 4.79 Å². The van der Waals surface area contributed by atoms with Gasteiger partial charge in [0.1, 0.15) is 0 Å². The van der Waals surface area contributed by atoms with Gasteiger partial charge in [0.05, 0.1) is 5.70 Å². The van der Waals surface area contributed by atoms with Crippen molar-refractivity contribution >= 4 is 11.9 Å². The van der Waals surface area contributed by atoms with E-state index in [1.54, 1.807) is 23.3 Å². The van der Waals surface area contributed by atoms with Gasteiger partial charge in [0.2, 0.25) is 0 Å². The van der Waals surface area contributed by atoms with Crippen molar-refractivity contribution in [3.05, 3.63) is 47.2 Å². The van der Waals surface area contributed by atoms with Crippen molar-refractivity contribution < 1.29 is 14.7 Å². The van der Waals surface area contributed by atoms with Crippen LogP contribution in [0.25, 0.3) is 0 Å². The van der Waals surface area contributed by atoms with Crippen molar-refractivity contribution in [1.82, 2.24) is 4.90 Å². The molecule has 5 aliphatic rings. The number of ketones is 1. The number of hydrogen-bond acceptors (Lipinski definition) is 2. The highest BCUT2D eigenvalue weighted by Crippen LogP contribution is 2.63. The largest absolute Gasteiger partial charge is 0.465 e. The first-order valence-corrected chi connectivity index (χ1v) is 11.7. The van der Waals surface area contributed by atoms with Gasteiger partial charge < -0.3 is 5.11 Å². The van der Waals surface area contributed by atoms with Crippen molar-refractivity contribution in [3.8, 4) is 0 Å². The summed E-state index contributed by atoms with van der Waals surface area (Å²) >= 11 is 0. The summed E-state index contributed by atoms with van der Waals surface area (Å²) in [6.45, 7) is 6.79. The van der Waals surface area contributed by atoms with Crippen LogP contribution in [0.3, 0.4) is 0 Å². The molecule has 2 saturated carbocycles. The minimum absolute atomic E-state index is 0.0231. The van der Waals surface area contributed by atoms with Crippen LogP contribution in [-0.4, -0.2) is 27.9 Å². The van der Waals surface area contributed by atoms with Crippen LogP contribution in [0.4, 0.5) is 4.79 Å². The molecule has 0 spiro atoms. The third-order valence-corrected chi connectivity index (χ3v) is 8.87. The lowest BCUT2D eigenvalue weighted by atomic mass is 9.53. The van der Waals surface area contributed by atoms with E-state index in [-0.39, 0.29) is 17.2 Å². The number of rotatable bonds is 2. The summed E-state index contributed by atoms with van der Waals surface area (Å²) < 4.78 is 0. The fourth-order valence-electron chi connectivity index (χ4n) is 7.70. The van der Waals surface area contributed by atoms with E-state index in [9.17, 15) is 14.7 Å². The lowest BCUT2D eigenvalue weighted by molar-refractivity contribution is -0.114. The number of fused-ring (bicyclic) bond motifs is 4. The Morgan fingerprint density at radius 3 is 2.80 bits per heavy atom. The van der Waals surface area contributed by atoms with Crippen molar-refractivity contribution in [2.45, 2.75) is 77.2 Å². The molecule has 160 valence electrons. The highest BCUT2D eigenvalue weighted by molar-refractivity contribution is 5.93. The molecule has 5 aliphatic carbocycles. The number of carboxylic acid groups (broad SMARTS) is 1. The lowest BCUT2D eigenvalue weighted by Crippen LogP contribution is -2.52. The molecule has 30 heavy (non-hydrogen) atoms. The molecule has 0 aliphatic heterocycles. The van der Waals surface area contributed by atoms with Crippen LogP contribution in [0.2, 0.25) is 0 Å². The van der Waals surface area contributed by atoms with Crippen molar-refractivity contribution in [1.29, 1.82) is 0 Å². The molecule has 0 aromatic heterocycles. The fraction of sp³-hybridized carbons (Fsp3) is 0.615. The normalized spacial score (nSPS) is 38.0. The average Bonchev–Trinajstić information content (AvgIpc) is 2.98. The van der Waals surface area contributed by atoms with Crippen LogP contribution < -0.4 is 0 Å². The van der Waals surface area contributed by atoms with Gasteiger partial charge in [-0.05, 0) is 87.0 Å². The summed E-state index contributed by atoms with van der Waals surface area (Å²) in [6.07, 6.45) is 15.1. The van der Waals surface area contributed by atoms with Crippen LogP contribution in [0.5, 0.6) is 0 Å². The van der Waals surface area contributed by atoms with Crippen LogP contribution in [0, 0.1) is 23.2 Å². The smallest absolute Gasteiger partial charge is 0.412 e. The first-order valence-electron chi connectivity index (χ1n) is 11.7. The molecule has 0 aromatic carbocycles. The van der Waals surface area contributed by atoms with Gasteiger partial charge in [0, 0.05) is 18.5 Å². The van der Waals surface area contributed by atoms with Crippen molar-refractivity contribution in [2.24, 2.45) is 23.2 Å². The summed E-state index contributed by atoms with van der Waals surface area (Å²) in [5.41, 5.74) is 5.15. The predicted octanol–water partition coefficient (Wildman–Crippen LogP) is 6.02. The summed E-state index contributed by atoms with van der Waals surface area (Å²) in [7, 11) is 0. The third kappa shape index (κ3) is 2.94. The Kier molecular flexibility index (Phi) is 4.79. The maximum Gasteiger partial charge on any atom is 0.412 e. The number of hydrogen-bond donors (Lipinski definition) is 1. The zero-order valence-corrected chi connectivity index (χ0v) is 18.0. The van der Waals surface area contributed by atoms with Gasteiger partial charge in [-0.3, -0.25) is 9.69 Å². The molecule has 2 unspecified atom stereocenters. The van der Waals surface area contributed by atoms with E-state index in [0.717, 1.165) is 6.42 Å². The standard InChI is InChI=1S/C26H33NO3/c1-16-14-23(27(25(29)30)18-7-5-8-19(28)15-18)26(2)13-12-21-20-9-4-3-6-17(20)10-11-22(21)24(16)26/h5,7,15,21-24H,1,3-4,6,8-14H2,2H3,(H,29,30)/t21?,22?,23-,24+,26+/m0/s1. The quantitative estimate of drug-likeness (QED) is 0.569. The minimum atomic E-state index is -0.955. The van der Waals surface area contributed by atoms with Gasteiger partial charge in [0.25, 0.3) is 0 Å². The number of carbonyl (C=O) groups excluding carboxylic acids is 1. The first kappa shape index (κ1) is 19.8. The maximum atomic E-state index is 12.4. The molecule has 1 N–H and O–H groups in total. The summed E-state index contributed by atoms with van der Waals surface area (Å²) in [6, 6.07) is -0.142. The van der Waals surface area contributed by atoms with Gasteiger partial charge >= 0.3 is 6.09 Å². The fourth-order valence-corrected chi connectivity index (χ4v) is 7.70. The Bertz CT molecular complexity index is 894. The van der Waals surface area contributed by atoms with Gasteiger partial charge in [0.15, 0.2) is 5.78 Å². The summed E-state index contributed by atoms with van der Waals surface area (Å²) in [4.78, 5) is 25.9. The maximum absolute atomic E-state index is 12.4. The second-order valence-electron chi connectivity index (χ2n) is 10.3. The first-order chi connectivity index (χ1) is 14.4. The molecule has 0 radical (unpaired) electrons. The predicted molar refractivity (Wildman–Crippen MR) is 117 cm³/mol. The molecule has 2 fully saturated rings. The van der Waals surface area contributed by atoms with E-state index >= 15 is 0 Å². The van der Waals surface area contributed by atoms with Crippen LogP contribution in [0.1, 0.15) is 71.1 Å². The second-order valence-corrected chi connectivity index (χ2v) is 10.3. The highest BCUT2D eigenvalue weighted by atomic mass is 16.4. The molecule has 5 rings (SSSR count). The Hall–Kier alpha value is -2.10. The molecule has 1 amide bonds. The van der Waals surface area contributed by atoms with Gasteiger partial charge in [-0.2, -0.15) is 0 Å². The molecule has 0 aromatic rings. The molecular weight excluding hydrogens is 374 g/mol. The van der Waals surface area contributed by atoms with Crippen molar-refractivity contribution in [2.75, 3.05) is 0 Å². The Balaban J connectivity index is 1.49.